The van der Waals surface area contributed by atoms with Crippen molar-refractivity contribution in [1.82, 2.24) is 0 Å². The van der Waals surface area contributed by atoms with E-state index in [0.29, 0.717) is 12.0 Å². The van der Waals surface area contributed by atoms with E-state index in [9.17, 15) is 4.39 Å². The summed E-state index contributed by atoms with van der Waals surface area (Å²) in [6.45, 7) is 4.32. The summed E-state index contributed by atoms with van der Waals surface area (Å²) in [6.07, 6.45) is 0. The number of fused-ring (bicyclic) bond motifs is 1. The minimum Gasteiger partial charge on any atom is -0.494 e. The molecule has 0 spiro atoms. The third kappa shape index (κ3) is 1.48. The van der Waals surface area contributed by atoms with E-state index in [1.165, 1.54) is 11.3 Å². The molecule has 0 radical (unpaired) electrons. The molecule has 1 aromatic heterocycles. The van der Waals surface area contributed by atoms with Gasteiger partial charge in [-0.3, -0.25) is 0 Å². The van der Waals surface area contributed by atoms with Gasteiger partial charge in [0.25, 0.3) is 0 Å². The lowest BCUT2D eigenvalue weighted by Gasteiger charge is -2.01. The van der Waals surface area contributed by atoms with Gasteiger partial charge in [-0.25, -0.2) is 4.39 Å². The van der Waals surface area contributed by atoms with Crippen molar-refractivity contribution >= 4 is 21.4 Å². The Bertz CT molecular complexity index is 462. The summed E-state index contributed by atoms with van der Waals surface area (Å²) in [7, 11) is 0. The Balaban J connectivity index is 2.58. The molecule has 2 aromatic rings. The second kappa shape index (κ2) is 3.58. The van der Waals surface area contributed by atoms with Crippen LogP contribution >= 0.6 is 11.3 Å². The zero-order valence-corrected chi connectivity index (χ0v) is 8.95. The molecule has 0 fully saturated rings. The molecule has 0 atom stereocenters. The van der Waals surface area contributed by atoms with Gasteiger partial charge in [-0.05, 0) is 32.0 Å². The molecule has 0 saturated heterocycles. The summed E-state index contributed by atoms with van der Waals surface area (Å²) < 4.78 is 19.8. The number of thiophene rings is 1. The number of benzene rings is 1. The molecule has 2 rings (SSSR count). The third-order valence-corrected chi connectivity index (χ3v) is 3.13. The van der Waals surface area contributed by atoms with Crippen molar-refractivity contribution in [1.29, 1.82) is 0 Å². The quantitative estimate of drug-likeness (QED) is 0.733. The molecule has 0 bridgehead atoms. The molecular formula is C11H11FOS. The van der Waals surface area contributed by atoms with Crippen LogP contribution in [-0.2, 0) is 0 Å². The Morgan fingerprint density at radius 3 is 2.93 bits per heavy atom. The molecule has 1 heterocycles. The van der Waals surface area contributed by atoms with Crippen molar-refractivity contribution in [2.24, 2.45) is 0 Å². The van der Waals surface area contributed by atoms with Gasteiger partial charge in [-0.15, -0.1) is 11.3 Å². The number of aryl methyl sites for hydroxylation is 1. The van der Waals surface area contributed by atoms with Gasteiger partial charge in [0.1, 0.15) is 11.6 Å². The van der Waals surface area contributed by atoms with E-state index in [4.69, 9.17) is 4.74 Å². The van der Waals surface area contributed by atoms with Crippen molar-refractivity contribution in [3.8, 4) is 5.75 Å². The smallest absolute Gasteiger partial charge is 0.144 e. The standard InChI is InChI=1S/C11H11FOS/c1-3-13-8-4-5-10-9(6-8)11(12)7(2)14-10/h4-6H,3H2,1-2H3. The van der Waals surface area contributed by atoms with Crippen LogP contribution in [0.4, 0.5) is 4.39 Å². The van der Waals surface area contributed by atoms with Crippen LogP contribution in [0.1, 0.15) is 11.8 Å². The van der Waals surface area contributed by atoms with Crippen molar-refractivity contribution in [2.45, 2.75) is 13.8 Å². The van der Waals surface area contributed by atoms with Crippen LogP contribution in [-0.4, -0.2) is 6.61 Å². The monoisotopic (exact) mass is 210 g/mol. The number of rotatable bonds is 2. The minimum absolute atomic E-state index is 0.119. The predicted molar refractivity (Wildman–Crippen MR) is 57.7 cm³/mol. The van der Waals surface area contributed by atoms with Crippen LogP contribution in [0.5, 0.6) is 5.75 Å². The normalized spacial score (nSPS) is 10.8. The molecule has 1 aromatic carbocycles. The second-order valence-corrected chi connectivity index (χ2v) is 4.32. The highest BCUT2D eigenvalue weighted by Gasteiger charge is 2.08. The molecule has 3 heteroatoms. The van der Waals surface area contributed by atoms with E-state index in [0.717, 1.165) is 15.3 Å². The first-order chi connectivity index (χ1) is 6.72. The largest absolute Gasteiger partial charge is 0.494 e. The summed E-state index contributed by atoms with van der Waals surface area (Å²) in [5.74, 6) is 0.614. The van der Waals surface area contributed by atoms with E-state index >= 15 is 0 Å². The average molecular weight is 210 g/mol. The molecular weight excluding hydrogens is 199 g/mol. The Hall–Kier alpha value is -1.09. The van der Waals surface area contributed by atoms with Crippen LogP contribution in [0.3, 0.4) is 0 Å². The molecule has 0 unspecified atom stereocenters. The maximum Gasteiger partial charge on any atom is 0.144 e. The van der Waals surface area contributed by atoms with Crippen LogP contribution in [0.15, 0.2) is 18.2 Å². The highest BCUT2D eigenvalue weighted by molar-refractivity contribution is 7.19. The van der Waals surface area contributed by atoms with Gasteiger partial charge in [-0.2, -0.15) is 0 Å². The molecule has 0 aliphatic rings. The summed E-state index contributed by atoms with van der Waals surface area (Å²) in [6, 6.07) is 5.54. The maximum atomic E-state index is 13.5. The fourth-order valence-electron chi connectivity index (χ4n) is 1.43. The molecule has 14 heavy (non-hydrogen) atoms. The number of hydrogen-bond donors (Lipinski definition) is 0. The van der Waals surface area contributed by atoms with Crippen LogP contribution in [0, 0.1) is 12.7 Å². The molecule has 0 amide bonds. The van der Waals surface area contributed by atoms with Gasteiger partial charge in [0, 0.05) is 15.0 Å². The van der Waals surface area contributed by atoms with Crippen LogP contribution in [0.2, 0.25) is 0 Å². The van der Waals surface area contributed by atoms with Crippen LogP contribution < -0.4 is 4.74 Å². The van der Waals surface area contributed by atoms with Crippen molar-refractivity contribution in [3.05, 3.63) is 28.9 Å². The topological polar surface area (TPSA) is 9.23 Å². The number of ether oxygens (including phenoxy) is 1. The van der Waals surface area contributed by atoms with E-state index < -0.39 is 0 Å². The van der Waals surface area contributed by atoms with E-state index in [-0.39, 0.29) is 5.82 Å². The first kappa shape index (κ1) is 9.46. The van der Waals surface area contributed by atoms with Gasteiger partial charge in [0.05, 0.1) is 6.61 Å². The van der Waals surface area contributed by atoms with Gasteiger partial charge in [0.2, 0.25) is 0 Å². The summed E-state index contributed by atoms with van der Waals surface area (Å²) >= 11 is 1.47. The van der Waals surface area contributed by atoms with Gasteiger partial charge in [-0.1, -0.05) is 0 Å². The van der Waals surface area contributed by atoms with Crippen LogP contribution in [0.25, 0.3) is 10.1 Å². The number of halogens is 1. The third-order valence-electron chi connectivity index (χ3n) is 2.07. The second-order valence-electron chi connectivity index (χ2n) is 3.06. The SMILES string of the molecule is CCOc1ccc2sc(C)c(F)c2c1. The number of hydrogen-bond acceptors (Lipinski definition) is 2. The zero-order valence-electron chi connectivity index (χ0n) is 8.13. The van der Waals surface area contributed by atoms with Gasteiger partial charge < -0.3 is 4.74 Å². The highest BCUT2D eigenvalue weighted by Crippen LogP contribution is 2.31. The zero-order chi connectivity index (χ0) is 10.1. The molecule has 0 saturated carbocycles. The first-order valence-corrected chi connectivity index (χ1v) is 5.35. The Kier molecular flexibility index (Phi) is 2.42. The Morgan fingerprint density at radius 1 is 1.43 bits per heavy atom. The van der Waals surface area contributed by atoms with Gasteiger partial charge in [0.15, 0.2) is 0 Å². The van der Waals surface area contributed by atoms with E-state index in [2.05, 4.69) is 0 Å². The van der Waals surface area contributed by atoms with Gasteiger partial charge >= 0.3 is 0 Å². The Morgan fingerprint density at radius 2 is 2.21 bits per heavy atom. The van der Waals surface area contributed by atoms with Crippen molar-refractivity contribution in [3.63, 3.8) is 0 Å². The minimum atomic E-state index is -0.119. The van der Waals surface area contributed by atoms with E-state index in [1.807, 2.05) is 19.1 Å². The average Bonchev–Trinajstić information content (AvgIpc) is 2.45. The maximum absolute atomic E-state index is 13.5. The Labute approximate surface area is 86.1 Å². The molecule has 0 aliphatic carbocycles. The molecule has 0 N–H and O–H groups in total. The summed E-state index contributed by atoms with van der Waals surface area (Å²) in [5, 5.41) is 0.665. The molecule has 1 nitrogen and oxygen atoms in total. The summed E-state index contributed by atoms with van der Waals surface area (Å²) in [5.41, 5.74) is 0. The predicted octanol–water partition coefficient (Wildman–Crippen LogP) is 3.75. The molecule has 0 aliphatic heterocycles. The lowest BCUT2D eigenvalue weighted by atomic mass is 10.2. The van der Waals surface area contributed by atoms with E-state index in [1.54, 1.807) is 13.0 Å². The van der Waals surface area contributed by atoms with Crippen molar-refractivity contribution < 1.29 is 9.13 Å². The fourth-order valence-corrected chi connectivity index (χ4v) is 2.35. The summed E-state index contributed by atoms with van der Waals surface area (Å²) in [4.78, 5) is 0.730. The lowest BCUT2D eigenvalue weighted by Crippen LogP contribution is -1.90. The first-order valence-electron chi connectivity index (χ1n) is 4.54. The highest BCUT2D eigenvalue weighted by atomic mass is 32.1. The fraction of sp³-hybridized carbons (Fsp3) is 0.273. The van der Waals surface area contributed by atoms with Crippen molar-refractivity contribution in [2.75, 3.05) is 6.61 Å². The molecule has 74 valence electrons. The lowest BCUT2D eigenvalue weighted by molar-refractivity contribution is 0.340.